The first-order valence-corrected chi connectivity index (χ1v) is 13.0. The summed E-state index contributed by atoms with van der Waals surface area (Å²) in [6, 6.07) is 16.8. The Hall–Kier alpha value is -3.03. The Balaban J connectivity index is 1.22. The number of carbonyl (C=O) groups excluding carboxylic acids is 2. The Bertz CT molecular complexity index is 1200. The Morgan fingerprint density at radius 2 is 1.57 bits per heavy atom. The average Bonchev–Trinajstić information content (AvgIpc) is 3.35. The van der Waals surface area contributed by atoms with Gasteiger partial charge in [-0.05, 0) is 59.2 Å². The number of rotatable bonds is 5. The molecule has 1 aromatic heterocycles. The molecule has 0 spiro atoms. The molecule has 7 heteroatoms. The first-order valence-electron chi connectivity index (χ1n) is 12.2. The average molecular weight is 492 g/mol. The van der Waals surface area contributed by atoms with Gasteiger partial charge in [0.05, 0.1) is 19.0 Å². The molecule has 3 aromatic rings. The summed E-state index contributed by atoms with van der Waals surface area (Å²) in [5.74, 6) is -0.167. The molecule has 1 fully saturated rings. The van der Waals surface area contributed by atoms with E-state index in [2.05, 4.69) is 47.5 Å². The molecule has 2 amide bonds. The van der Waals surface area contributed by atoms with E-state index < -0.39 is 0 Å². The molecule has 0 saturated carbocycles. The number of nitrogens with zero attached hydrogens (tertiary/aromatic N) is 3. The van der Waals surface area contributed by atoms with Gasteiger partial charge in [-0.3, -0.25) is 14.5 Å². The maximum absolute atomic E-state index is 13.3. The lowest BCUT2D eigenvalue weighted by molar-refractivity contribution is -0.140. The van der Waals surface area contributed by atoms with Gasteiger partial charge < -0.3 is 9.80 Å². The number of fused-ring (bicyclic) bond motifs is 1. The van der Waals surface area contributed by atoms with Gasteiger partial charge in [0.2, 0.25) is 11.8 Å². The lowest BCUT2D eigenvalue weighted by atomic mass is 9.90. The van der Waals surface area contributed by atoms with Crippen molar-refractivity contribution in [3.05, 3.63) is 92.9 Å². The van der Waals surface area contributed by atoms with Crippen LogP contribution >= 0.6 is 11.3 Å². The number of hydrogen-bond acceptors (Lipinski definition) is 4. The van der Waals surface area contributed by atoms with Crippen molar-refractivity contribution < 1.29 is 14.0 Å². The van der Waals surface area contributed by atoms with Gasteiger partial charge in [0.25, 0.3) is 0 Å². The number of hydrogen-bond donors (Lipinski definition) is 0. The molecule has 2 aliphatic heterocycles. The number of piperazine rings is 1. The molecule has 2 aromatic carbocycles. The Kier molecular flexibility index (Phi) is 6.97. The van der Waals surface area contributed by atoms with Crippen molar-refractivity contribution in [2.45, 2.75) is 25.8 Å². The molecule has 5 rings (SSSR count). The normalized spacial score (nSPS) is 18.4. The van der Waals surface area contributed by atoms with Crippen LogP contribution in [0.25, 0.3) is 0 Å². The third kappa shape index (κ3) is 5.16. The Morgan fingerprint density at radius 1 is 0.886 bits per heavy atom. The molecule has 5 nitrogen and oxygen atoms in total. The van der Waals surface area contributed by atoms with Gasteiger partial charge >= 0.3 is 0 Å². The maximum atomic E-state index is 13.3. The Morgan fingerprint density at radius 3 is 2.29 bits per heavy atom. The number of aryl methyl sites for hydroxylation is 1. The van der Waals surface area contributed by atoms with Crippen LogP contribution in [0.5, 0.6) is 0 Å². The summed E-state index contributed by atoms with van der Waals surface area (Å²) in [4.78, 5) is 33.4. The van der Waals surface area contributed by atoms with Gasteiger partial charge in [-0.1, -0.05) is 36.4 Å². The number of halogens is 1. The van der Waals surface area contributed by atoms with Crippen LogP contribution in [0, 0.1) is 12.7 Å². The summed E-state index contributed by atoms with van der Waals surface area (Å²) in [5.41, 5.74) is 4.62. The highest BCUT2D eigenvalue weighted by atomic mass is 32.1. The number of carbonyl (C=O) groups is 2. The molecule has 0 radical (unpaired) electrons. The van der Waals surface area contributed by atoms with Crippen molar-refractivity contribution in [1.82, 2.24) is 14.7 Å². The molecular weight excluding hydrogens is 461 g/mol. The van der Waals surface area contributed by atoms with E-state index in [9.17, 15) is 14.0 Å². The van der Waals surface area contributed by atoms with E-state index in [1.807, 2.05) is 9.80 Å². The zero-order valence-electron chi connectivity index (χ0n) is 20.0. The number of thiophene rings is 1. The topological polar surface area (TPSA) is 43.9 Å². The van der Waals surface area contributed by atoms with Crippen LogP contribution in [0.3, 0.4) is 0 Å². The van der Waals surface area contributed by atoms with E-state index >= 15 is 0 Å². The quantitative estimate of drug-likeness (QED) is 0.541. The smallest absolute Gasteiger partial charge is 0.236 e. The van der Waals surface area contributed by atoms with Crippen LogP contribution in [-0.2, 0) is 22.4 Å². The van der Waals surface area contributed by atoms with Crippen LogP contribution in [0.4, 0.5) is 4.39 Å². The predicted molar refractivity (Wildman–Crippen MR) is 136 cm³/mol. The fourth-order valence-electron chi connectivity index (χ4n) is 5.16. The molecule has 0 aliphatic carbocycles. The third-order valence-corrected chi connectivity index (χ3v) is 8.14. The molecule has 0 bridgehead atoms. The van der Waals surface area contributed by atoms with Gasteiger partial charge in [0.15, 0.2) is 0 Å². The van der Waals surface area contributed by atoms with Gasteiger partial charge in [-0.15, -0.1) is 11.3 Å². The van der Waals surface area contributed by atoms with Crippen molar-refractivity contribution in [3.63, 3.8) is 0 Å². The highest BCUT2D eigenvalue weighted by molar-refractivity contribution is 7.10. The predicted octanol–water partition coefficient (Wildman–Crippen LogP) is 4.06. The van der Waals surface area contributed by atoms with E-state index in [4.69, 9.17) is 0 Å². The standard InChI is InChI=1S/C28H30FN3O2S/c1-20-4-2-3-5-23(20)28-24-11-17-35-25(24)10-12-32(28)19-27(34)31-15-13-30(14-16-31)26(33)18-21-6-8-22(29)9-7-21/h2-9,11,17,28H,10,12-16,18-19H2,1H3/t28-/m0/s1. The maximum Gasteiger partial charge on any atom is 0.236 e. The van der Waals surface area contributed by atoms with Crippen molar-refractivity contribution >= 4 is 23.2 Å². The summed E-state index contributed by atoms with van der Waals surface area (Å²) in [6.45, 7) is 5.51. The molecule has 2 aliphatic rings. The molecule has 0 N–H and O–H groups in total. The van der Waals surface area contributed by atoms with Crippen LogP contribution in [0.1, 0.15) is 33.2 Å². The van der Waals surface area contributed by atoms with Crippen LogP contribution < -0.4 is 0 Å². The summed E-state index contributed by atoms with van der Waals surface area (Å²) < 4.78 is 13.1. The van der Waals surface area contributed by atoms with E-state index in [0.29, 0.717) is 32.7 Å². The fourth-order valence-corrected chi connectivity index (χ4v) is 6.07. The van der Waals surface area contributed by atoms with Crippen LogP contribution in [0.2, 0.25) is 0 Å². The molecule has 182 valence electrons. The van der Waals surface area contributed by atoms with E-state index in [0.717, 1.165) is 18.5 Å². The lowest BCUT2D eigenvalue weighted by Gasteiger charge is -2.39. The Labute approximate surface area is 209 Å². The van der Waals surface area contributed by atoms with Crippen LogP contribution in [-0.4, -0.2) is 65.8 Å². The summed E-state index contributed by atoms with van der Waals surface area (Å²) >= 11 is 1.80. The van der Waals surface area contributed by atoms with Gasteiger partial charge in [-0.25, -0.2) is 4.39 Å². The SMILES string of the molecule is Cc1ccccc1[C@H]1c2ccsc2CCN1CC(=O)N1CCN(C(=O)Cc2ccc(F)cc2)CC1. The summed E-state index contributed by atoms with van der Waals surface area (Å²) in [7, 11) is 0. The molecule has 0 unspecified atom stereocenters. The van der Waals surface area contributed by atoms with Crippen molar-refractivity contribution in [2.24, 2.45) is 0 Å². The van der Waals surface area contributed by atoms with Gasteiger partial charge in [0, 0.05) is 37.6 Å². The highest BCUT2D eigenvalue weighted by Crippen LogP contribution is 2.38. The molecule has 35 heavy (non-hydrogen) atoms. The monoisotopic (exact) mass is 491 g/mol. The first kappa shape index (κ1) is 23.7. The van der Waals surface area contributed by atoms with Crippen molar-refractivity contribution in [1.29, 1.82) is 0 Å². The minimum atomic E-state index is -0.304. The molecule has 3 heterocycles. The fraction of sp³-hybridized carbons (Fsp3) is 0.357. The second-order valence-electron chi connectivity index (χ2n) is 9.34. The van der Waals surface area contributed by atoms with Crippen LogP contribution in [0.15, 0.2) is 60.0 Å². The molecule has 1 saturated heterocycles. The zero-order chi connectivity index (χ0) is 24.4. The van der Waals surface area contributed by atoms with Gasteiger partial charge in [-0.2, -0.15) is 0 Å². The van der Waals surface area contributed by atoms with Crippen molar-refractivity contribution in [3.8, 4) is 0 Å². The highest BCUT2D eigenvalue weighted by Gasteiger charge is 2.33. The minimum absolute atomic E-state index is 0.0179. The minimum Gasteiger partial charge on any atom is -0.339 e. The second-order valence-corrected chi connectivity index (χ2v) is 10.3. The third-order valence-electron chi connectivity index (χ3n) is 7.14. The largest absolute Gasteiger partial charge is 0.339 e. The molecule has 1 atom stereocenters. The summed E-state index contributed by atoms with van der Waals surface area (Å²) in [5, 5.41) is 2.16. The van der Waals surface area contributed by atoms with E-state index in [1.54, 1.807) is 23.5 Å². The summed E-state index contributed by atoms with van der Waals surface area (Å²) in [6.07, 6.45) is 1.22. The molecular formula is C28H30FN3O2S. The lowest BCUT2D eigenvalue weighted by Crippen LogP contribution is -2.53. The van der Waals surface area contributed by atoms with Gasteiger partial charge in [0.1, 0.15) is 5.82 Å². The number of benzene rings is 2. The van der Waals surface area contributed by atoms with E-state index in [1.165, 1.54) is 33.7 Å². The van der Waals surface area contributed by atoms with Crippen molar-refractivity contribution in [2.75, 3.05) is 39.3 Å². The zero-order valence-corrected chi connectivity index (χ0v) is 20.8. The first-order chi connectivity index (χ1) is 17.0. The second kappa shape index (κ2) is 10.3. The van der Waals surface area contributed by atoms with E-state index in [-0.39, 0.29) is 30.1 Å². The number of amides is 2.